The van der Waals surface area contributed by atoms with Crippen LogP contribution in [0.5, 0.6) is 0 Å². The van der Waals surface area contributed by atoms with Crippen LogP contribution in [0, 0.1) is 13.8 Å². The van der Waals surface area contributed by atoms with E-state index >= 15 is 0 Å². The predicted molar refractivity (Wildman–Crippen MR) is 133 cm³/mol. The maximum absolute atomic E-state index is 12.9. The first-order valence-corrected chi connectivity index (χ1v) is 13.4. The summed E-state index contributed by atoms with van der Waals surface area (Å²) in [7, 11) is -3.87. The Morgan fingerprint density at radius 1 is 1.09 bits per heavy atom. The van der Waals surface area contributed by atoms with Gasteiger partial charge in [0.25, 0.3) is 15.9 Å². The zero-order chi connectivity index (χ0) is 24.1. The van der Waals surface area contributed by atoms with Crippen molar-refractivity contribution in [3.8, 4) is 0 Å². The number of aryl methyl sites for hydroxylation is 2. The molecule has 2 N–H and O–H groups in total. The van der Waals surface area contributed by atoms with Crippen molar-refractivity contribution < 1.29 is 17.9 Å². The van der Waals surface area contributed by atoms with Crippen molar-refractivity contribution in [3.63, 3.8) is 0 Å². The van der Waals surface area contributed by atoms with E-state index in [0.717, 1.165) is 30.1 Å². The third-order valence-electron chi connectivity index (χ3n) is 5.21. The van der Waals surface area contributed by atoms with Crippen LogP contribution in [-0.4, -0.2) is 42.8 Å². The first-order valence-electron chi connectivity index (χ1n) is 10.9. The molecule has 0 unspecified atom stereocenters. The summed E-state index contributed by atoms with van der Waals surface area (Å²) >= 11 is 1.61. The highest BCUT2D eigenvalue weighted by Gasteiger charge is 2.19. The second-order valence-electron chi connectivity index (χ2n) is 8.00. The minimum atomic E-state index is -3.87. The van der Waals surface area contributed by atoms with Gasteiger partial charge in [0, 0.05) is 34.3 Å². The van der Waals surface area contributed by atoms with E-state index in [2.05, 4.69) is 20.0 Å². The minimum Gasteiger partial charge on any atom is -0.377 e. The summed E-state index contributed by atoms with van der Waals surface area (Å²) in [5.41, 5.74) is 2.39. The summed E-state index contributed by atoms with van der Waals surface area (Å²) in [5, 5.41) is 2.85. The molecule has 8 nitrogen and oxygen atoms in total. The maximum Gasteiger partial charge on any atom is 0.264 e. The van der Waals surface area contributed by atoms with Gasteiger partial charge in [0.1, 0.15) is 0 Å². The van der Waals surface area contributed by atoms with E-state index in [1.165, 1.54) is 12.1 Å². The van der Waals surface area contributed by atoms with Gasteiger partial charge in [-0.1, -0.05) is 12.1 Å². The fourth-order valence-electron chi connectivity index (χ4n) is 3.61. The number of nitrogens with zero attached hydrogens (tertiary/aromatic N) is 2. The average molecular weight is 499 g/mol. The predicted octanol–water partition coefficient (Wildman–Crippen LogP) is 4.42. The van der Waals surface area contributed by atoms with E-state index in [1.54, 1.807) is 49.9 Å². The second kappa shape index (κ2) is 10.5. The molecule has 4 rings (SSSR count). The van der Waals surface area contributed by atoms with E-state index in [4.69, 9.17) is 4.74 Å². The number of aromatic nitrogens is 2. The third kappa shape index (κ3) is 6.13. The number of carbonyl (C=O) groups is 1. The smallest absolute Gasteiger partial charge is 0.264 e. The first kappa shape index (κ1) is 24.2. The minimum absolute atomic E-state index is 0.0204. The van der Waals surface area contributed by atoms with Gasteiger partial charge in [-0.25, -0.2) is 23.1 Å². The van der Waals surface area contributed by atoms with Crippen LogP contribution in [0.15, 0.2) is 64.4 Å². The second-order valence-corrected chi connectivity index (χ2v) is 10.7. The number of carbonyl (C=O) groups excluding carboxylic acids is 1. The van der Waals surface area contributed by atoms with Crippen LogP contribution in [0.2, 0.25) is 0 Å². The number of thioether (sulfide) groups is 1. The molecule has 1 saturated heterocycles. The molecule has 0 spiro atoms. The van der Waals surface area contributed by atoms with Gasteiger partial charge < -0.3 is 10.1 Å². The lowest BCUT2D eigenvalue weighted by atomic mass is 10.2. The molecule has 1 aliphatic heterocycles. The summed E-state index contributed by atoms with van der Waals surface area (Å²) in [5.74, 6) is 0.563. The van der Waals surface area contributed by atoms with Gasteiger partial charge in [-0.2, -0.15) is 0 Å². The topological polar surface area (TPSA) is 110 Å². The Labute approximate surface area is 203 Å². The Morgan fingerprint density at radius 3 is 2.47 bits per heavy atom. The highest BCUT2D eigenvalue weighted by molar-refractivity contribution is 7.99. The van der Waals surface area contributed by atoms with E-state index in [9.17, 15) is 13.2 Å². The molecule has 0 aliphatic carbocycles. The summed E-state index contributed by atoms with van der Waals surface area (Å²) in [4.78, 5) is 22.1. The molecule has 0 radical (unpaired) electrons. The van der Waals surface area contributed by atoms with Crippen LogP contribution >= 0.6 is 11.8 Å². The molecule has 1 amide bonds. The lowest BCUT2D eigenvalue weighted by molar-refractivity contribution is 0.102. The maximum atomic E-state index is 12.9. The van der Waals surface area contributed by atoms with Crippen molar-refractivity contribution in [1.82, 2.24) is 9.97 Å². The number of nitrogens with one attached hydrogen (secondary N) is 2. The van der Waals surface area contributed by atoms with Gasteiger partial charge in [-0.05, 0) is 69.2 Å². The van der Waals surface area contributed by atoms with Crippen LogP contribution in [-0.2, 0) is 14.8 Å². The summed E-state index contributed by atoms with van der Waals surface area (Å²) in [6.07, 6.45) is 2.34. The van der Waals surface area contributed by atoms with Crippen LogP contribution in [0.1, 0.15) is 34.6 Å². The Hall–Kier alpha value is -2.95. The van der Waals surface area contributed by atoms with Gasteiger partial charge in [-0.3, -0.25) is 4.79 Å². The Morgan fingerprint density at radius 2 is 1.79 bits per heavy atom. The lowest BCUT2D eigenvalue weighted by Crippen LogP contribution is -2.16. The lowest BCUT2D eigenvalue weighted by Gasteiger charge is -2.13. The SMILES string of the molecule is Cc1cc(C)nc(NS(=O)(=O)c2ccc(NC(=O)c3ccccc3SC[C@@H]3CCCO3)cc2)n1. The summed E-state index contributed by atoms with van der Waals surface area (Å²) < 4.78 is 33.5. The molecule has 2 heterocycles. The average Bonchev–Trinajstić information content (AvgIpc) is 3.31. The van der Waals surface area contributed by atoms with Crippen molar-refractivity contribution >= 4 is 39.3 Å². The molecule has 2 aromatic carbocycles. The number of ether oxygens (including phenoxy) is 1. The van der Waals surface area contributed by atoms with Crippen LogP contribution in [0.4, 0.5) is 11.6 Å². The fourth-order valence-corrected chi connectivity index (χ4v) is 5.67. The van der Waals surface area contributed by atoms with Crippen LogP contribution in [0.25, 0.3) is 0 Å². The van der Waals surface area contributed by atoms with Crippen LogP contribution in [0.3, 0.4) is 0 Å². The van der Waals surface area contributed by atoms with Crippen molar-refractivity contribution in [3.05, 3.63) is 71.5 Å². The van der Waals surface area contributed by atoms with Crippen molar-refractivity contribution in [1.29, 1.82) is 0 Å². The van der Waals surface area contributed by atoms with Crippen molar-refractivity contribution in [2.75, 3.05) is 22.4 Å². The van der Waals surface area contributed by atoms with Gasteiger partial charge in [0.2, 0.25) is 5.95 Å². The Kier molecular flexibility index (Phi) is 7.50. The molecule has 0 saturated carbocycles. The molecular weight excluding hydrogens is 472 g/mol. The van der Waals surface area contributed by atoms with E-state index < -0.39 is 10.0 Å². The molecule has 1 atom stereocenters. The van der Waals surface area contributed by atoms with Crippen molar-refractivity contribution in [2.45, 2.75) is 42.6 Å². The summed E-state index contributed by atoms with van der Waals surface area (Å²) in [6, 6.07) is 15.1. The quantitative estimate of drug-likeness (QED) is 0.443. The molecule has 1 aromatic heterocycles. The van der Waals surface area contributed by atoms with Gasteiger partial charge in [-0.15, -0.1) is 11.8 Å². The number of hydrogen-bond acceptors (Lipinski definition) is 7. The van der Waals surface area contributed by atoms with E-state index in [1.807, 2.05) is 18.2 Å². The standard InChI is InChI=1S/C24H26N4O4S2/c1-16-14-17(2)26-24(25-16)28-34(30,31)20-11-9-18(10-12-20)27-23(29)21-7-3-4-8-22(21)33-15-19-6-5-13-32-19/h3-4,7-12,14,19H,5-6,13,15H2,1-2H3,(H,27,29)(H,25,26,28)/t19-/m0/s1. The molecule has 1 aliphatic rings. The Bertz CT molecular complexity index is 1250. The van der Waals surface area contributed by atoms with Gasteiger partial charge in [0.15, 0.2) is 0 Å². The van der Waals surface area contributed by atoms with E-state index in [0.29, 0.717) is 22.6 Å². The van der Waals surface area contributed by atoms with Gasteiger partial charge in [0.05, 0.1) is 16.6 Å². The zero-order valence-electron chi connectivity index (χ0n) is 18.9. The molecular formula is C24H26N4O4S2. The van der Waals surface area contributed by atoms with Crippen molar-refractivity contribution in [2.24, 2.45) is 0 Å². The number of anilines is 2. The highest BCUT2D eigenvalue weighted by Crippen LogP contribution is 2.27. The van der Waals surface area contributed by atoms with Crippen LogP contribution < -0.4 is 10.0 Å². The number of rotatable bonds is 8. The highest BCUT2D eigenvalue weighted by atomic mass is 32.2. The number of benzene rings is 2. The van der Waals surface area contributed by atoms with Gasteiger partial charge >= 0.3 is 0 Å². The normalized spacial score (nSPS) is 15.8. The molecule has 34 heavy (non-hydrogen) atoms. The fraction of sp³-hybridized carbons (Fsp3) is 0.292. The largest absolute Gasteiger partial charge is 0.377 e. The molecule has 0 bridgehead atoms. The molecule has 3 aromatic rings. The Balaban J connectivity index is 1.43. The monoisotopic (exact) mass is 498 g/mol. The third-order valence-corrected chi connectivity index (χ3v) is 7.76. The summed E-state index contributed by atoms with van der Waals surface area (Å²) in [6.45, 7) is 4.33. The van der Waals surface area contributed by atoms with E-state index in [-0.39, 0.29) is 22.9 Å². The number of amides is 1. The zero-order valence-corrected chi connectivity index (χ0v) is 20.6. The first-order chi connectivity index (χ1) is 16.3. The molecule has 10 heteroatoms. The number of hydrogen-bond donors (Lipinski definition) is 2. The molecule has 178 valence electrons. The molecule has 1 fully saturated rings. The number of sulfonamides is 1.